The third-order valence-electron chi connectivity index (χ3n) is 4.63. The fourth-order valence-corrected chi connectivity index (χ4v) is 3.26. The zero-order chi connectivity index (χ0) is 17.6. The van der Waals surface area contributed by atoms with Crippen LogP contribution in [0.3, 0.4) is 0 Å². The summed E-state index contributed by atoms with van der Waals surface area (Å²) in [5, 5.41) is 14.6. The van der Waals surface area contributed by atoms with Gasteiger partial charge in [0.2, 0.25) is 0 Å². The highest BCUT2D eigenvalue weighted by Gasteiger charge is 2.22. The molecular weight excluding hydrogens is 328 g/mol. The smallest absolute Gasteiger partial charge is 0.200 e. The number of fused-ring (bicyclic) bond motifs is 1. The molecule has 0 aliphatic carbocycles. The van der Waals surface area contributed by atoms with Crippen molar-refractivity contribution in [1.82, 2.24) is 9.78 Å². The molecule has 130 valence electrons. The van der Waals surface area contributed by atoms with Crippen LogP contribution in [0.2, 0.25) is 0 Å². The number of phenolic OH excluding ortho intramolecular Hbond substituents is 1. The van der Waals surface area contributed by atoms with Crippen LogP contribution < -0.4 is 4.90 Å². The number of hydrogen-bond acceptors (Lipinski definition) is 4. The maximum absolute atomic E-state index is 13.6. The predicted octanol–water partition coefficient (Wildman–Crippen LogP) is 3.23. The molecule has 0 radical (unpaired) electrons. The van der Waals surface area contributed by atoms with E-state index >= 15 is 0 Å². The number of hydrogen-bond donors (Lipinski definition) is 1. The minimum absolute atomic E-state index is 0.239. The van der Waals surface area contributed by atoms with E-state index < -0.39 is 17.4 Å². The number of anilines is 1. The van der Waals surface area contributed by atoms with Gasteiger partial charge in [-0.15, -0.1) is 0 Å². The highest BCUT2D eigenvalue weighted by atomic mass is 19.2. The molecule has 5 nitrogen and oxygen atoms in total. The van der Waals surface area contributed by atoms with Gasteiger partial charge >= 0.3 is 0 Å². The van der Waals surface area contributed by atoms with Gasteiger partial charge in [0.15, 0.2) is 17.4 Å². The summed E-state index contributed by atoms with van der Waals surface area (Å²) in [7, 11) is 1.72. The molecule has 1 aliphatic heterocycles. The number of halogens is 2. The van der Waals surface area contributed by atoms with Crippen molar-refractivity contribution >= 4 is 16.6 Å². The van der Waals surface area contributed by atoms with E-state index in [9.17, 15) is 13.9 Å². The highest BCUT2D eigenvalue weighted by molar-refractivity contribution is 5.84. The molecule has 0 amide bonds. The fourth-order valence-electron chi connectivity index (χ4n) is 3.26. The standard InChI is InChI=1S/C18H17F2N3O2/c1-25-14-4-5-22(10-14)12-2-3-16-11(6-12)9-21-23(16)13-7-15(19)18(20)17(24)8-13/h2-3,6-9,14,24H,4-5,10H2,1H3. The second kappa shape index (κ2) is 6.00. The molecule has 1 atom stereocenters. The third-order valence-corrected chi connectivity index (χ3v) is 4.63. The lowest BCUT2D eigenvalue weighted by atomic mass is 10.2. The van der Waals surface area contributed by atoms with Crippen molar-refractivity contribution in [3.05, 3.63) is 48.2 Å². The lowest BCUT2D eigenvalue weighted by Gasteiger charge is -2.18. The topological polar surface area (TPSA) is 50.5 Å². The summed E-state index contributed by atoms with van der Waals surface area (Å²) in [6, 6.07) is 8.03. The molecule has 7 heteroatoms. The summed E-state index contributed by atoms with van der Waals surface area (Å²) in [6.07, 6.45) is 2.90. The van der Waals surface area contributed by atoms with Crippen LogP contribution in [0, 0.1) is 11.6 Å². The number of nitrogens with zero attached hydrogens (tertiary/aromatic N) is 3. The summed E-state index contributed by atoms with van der Waals surface area (Å²) in [4.78, 5) is 2.24. The minimum Gasteiger partial charge on any atom is -0.505 e. The van der Waals surface area contributed by atoms with Gasteiger partial charge in [0.25, 0.3) is 0 Å². The number of phenols is 1. The van der Waals surface area contributed by atoms with Gasteiger partial charge in [-0.3, -0.25) is 0 Å². The van der Waals surface area contributed by atoms with E-state index in [0.717, 1.165) is 48.2 Å². The molecule has 1 aromatic heterocycles. The van der Waals surface area contributed by atoms with E-state index in [1.165, 1.54) is 4.68 Å². The van der Waals surface area contributed by atoms with E-state index in [1.807, 2.05) is 18.2 Å². The van der Waals surface area contributed by atoms with Gasteiger partial charge in [-0.25, -0.2) is 9.07 Å². The Morgan fingerprint density at radius 1 is 1.20 bits per heavy atom. The molecule has 0 saturated carbocycles. The van der Waals surface area contributed by atoms with Crippen molar-refractivity contribution in [1.29, 1.82) is 0 Å². The maximum Gasteiger partial charge on any atom is 0.200 e. The van der Waals surface area contributed by atoms with E-state index in [1.54, 1.807) is 13.3 Å². The lowest BCUT2D eigenvalue weighted by Crippen LogP contribution is -2.21. The third kappa shape index (κ3) is 2.70. The SMILES string of the molecule is COC1CCN(c2ccc3c(cnn3-c3cc(O)c(F)c(F)c3)c2)C1. The van der Waals surface area contributed by atoms with Crippen LogP contribution in [0.5, 0.6) is 5.75 Å². The van der Waals surface area contributed by atoms with Crippen LogP contribution in [-0.4, -0.2) is 41.2 Å². The zero-order valence-corrected chi connectivity index (χ0v) is 13.6. The number of methoxy groups -OCH3 is 1. The van der Waals surface area contributed by atoms with Crippen LogP contribution in [-0.2, 0) is 4.74 Å². The van der Waals surface area contributed by atoms with Crippen molar-refractivity contribution in [2.75, 3.05) is 25.1 Å². The molecule has 1 saturated heterocycles. The van der Waals surface area contributed by atoms with Gasteiger partial charge in [0.05, 0.1) is 23.5 Å². The van der Waals surface area contributed by atoms with Crippen molar-refractivity contribution in [3.8, 4) is 11.4 Å². The molecular formula is C18H17F2N3O2. The molecule has 3 aromatic rings. The molecule has 0 spiro atoms. The Bertz CT molecular complexity index is 918. The largest absolute Gasteiger partial charge is 0.505 e. The van der Waals surface area contributed by atoms with Crippen molar-refractivity contribution < 1.29 is 18.6 Å². The van der Waals surface area contributed by atoms with Gasteiger partial charge in [-0.05, 0) is 24.6 Å². The Labute approximate surface area is 143 Å². The first-order valence-electron chi connectivity index (χ1n) is 8.00. The average Bonchev–Trinajstić information content (AvgIpc) is 3.25. The molecule has 1 unspecified atom stereocenters. The van der Waals surface area contributed by atoms with Crippen LogP contribution in [0.15, 0.2) is 36.5 Å². The summed E-state index contributed by atoms with van der Waals surface area (Å²) < 4.78 is 33.7. The Balaban J connectivity index is 1.71. The number of ether oxygens (including phenoxy) is 1. The Morgan fingerprint density at radius 3 is 2.76 bits per heavy atom. The number of benzene rings is 2. The number of aromatic hydroxyl groups is 1. The second-order valence-corrected chi connectivity index (χ2v) is 6.15. The number of aromatic nitrogens is 2. The zero-order valence-electron chi connectivity index (χ0n) is 13.6. The normalized spacial score (nSPS) is 17.6. The quantitative estimate of drug-likeness (QED) is 0.792. The molecule has 2 aromatic carbocycles. The fraction of sp³-hybridized carbons (Fsp3) is 0.278. The van der Waals surface area contributed by atoms with E-state index in [-0.39, 0.29) is 11.8 Å². The van der Waals surface area contributed by atoms with Crippen LogP contribution in [0.25, 0.3) is 16.6 Å². The monoisotopic (exact) mass is 345 g/mol. The summed E-state index contributed by atoms with van der Waals surface area (Å²) >= 11 is 0. The van der Waals surface area contributed by atoms with Crippen LogP contribution in [0.1, 0.15) is 6.42 Å². The van der Waals surface area contributed by atoms with Gasteiger partial charge < -0.3 is 14.7 Å². The first-order valence-corrected chi connectivity index (χ1v) is 8.00. The summed E-state index contributed by atoms with van der Waals surface area (Å²) in [5.74, 6) is -3.11. The average molecular weight is 345 g/mol. The molecule has 1 fully saturated rings. The van der Waals surface area contributed by atoms with Crippen molar-refractivity contribution in [2.45, 2.75) is 12.5 Å². The van der Waals surface area contributed by atoms with Crippen LogP contribution >= 0.6 is 0 Å². The Kier molecular flexibility index (Phi) is 3.80. The summed E-state index contributed by atoms with van der Waals surface area (Å²) in [6.45, 7) is 1.77. The first kappa shape index (κ1) is 15.8. The molecule has 1 aliphatic rings. The molecule has 1 N–H and O–H groups in total. The van der Waals surface area contributed by atoms with Crippen LogP contribution in [0.4, 0.5) is 14.5 Å². The van der Waals surface area contributed by atoms with Gasteiger partial charge in [0, 0.05) is 43.4 Å². The van der Waals surface area contributed by atoms with E-state index in [2.05, 4.69) is 10.00 Å². The predicted molar refractivity (Wildman–Crippen MR) is 90.3 cm³/mol. The molecule has 2 heterocycles. The molecule has 4 rings (SSSR count). The van der Waals surface area contributed by atoms with Gasteiger partial charge in [-0.1, -0.05) is 0 Å². The lowest BCUT2D eigenvalue weighted by molar-refractivity contribution is 0.121. The van der Waals surface area contributed by atoms with Gasteiger partial charge in [-0.2, -0.15) is 9.49 Å². The minimum atomic E-state index is -1.26. The maximum atomic E-state index is 13.6. The van der Waals surface area contributed by atoms with Gasteiger partial charge in [0.1, 0.15) is 0 Å². The first-order chi connectivity index (χ1) is 12.1. The highest BCUT2D eigenvalue weighted by Crippen LogP contribution is 2.29. The van der Waals surface area contributed by atoms with Crippen molar-refractivity contribution in [3.63, 3.8) is 0 Å². The molecule has 25 heavy (non-hydrogen) atoms. The molecule has 0 bridgehead atoms. The van der Waals surface area contributed by atoms with E-state index in [0.29, 0.717) is 0 Å². The Hall–Kier alpha value is -2.67. The van der Waals surface area contributed by atoms with Crippen molar-refractivity contribution in [2.24, 2.45) is 0 Å². The second-order valence-electron chi connectivity index (χ2n) is 6.15. The summed E-state index contributed by atoms with van der Waals surface area (Å²) in [5.41, 5.74) is 2.08. The van der Waals surface area contributed by atoms with E-state index in [4.69, 9.17) is 4.74 Å². The Morgan fingerprint density at radius 2 is 2.04 bits per heavy atom. The number of rotatable bonds is 3.